The van der Waals surface area contributed by atoms with Gasteiger partial charge in [0.05, 0.1) is 17.6 Å². The van der Waals surface area contributed by atoms with Gasteiger partial charge in [-0.2, -0.15) is 5.10 Å². The fourth-order valence-electron chi connectivity index (χ4n) is 2.99. The number of benzene rings is 2. The van der Waals surface area contributed by atoms with Crippen molar-refractivity contribution < 1.29 is 13.2 Å². The van der Waals surface area contributed by atoms with Gasteiger partial charge in [0.25, 0.3) is 5.91 Å². The van der Waals surface area contributed by atoms with Gasteiger partial charge in [0.2, 0.25) is 0 Å². The molecule has 0 aliphatic rings. The zero-order valence-corrected chi connectivity index (χ0v) is 18.4. The number of thiazole rings is 1. The Hall–Kier alpha value is -3.30. The number of rotatable bonds is 7. The lowest BCUT2D eigenvalue weighted by Crippen LogP contribution is -2.23. The SMILES string of the molecule is CS(=O)(=O)Cc1ccc(CNC(=O)c2csc(-c3cnn(-c4ccccc4)c3)n2)cc1. The maximum Gasteiger partial charge on any atom is 0.271 e. The Balaban J connectivity index is 1.38. The minimum Gasteiger partial charge on any atom is -0.347 e. The van der Waals surface area contributed by atoms with E-state index in [2.05, 4.69) is 15.4 Å². The summed E-state index contributed by atoms with van der Waals surface area (Å²) in [6, 6.07) is 16.9. The number of aromatic nitrogens is 3. The minimum absolute atomic E-state index is 0.00208. The molecule has 0 atom stereocenters. The highest BCUT2D eigenvalue weighted by Crippen LogP contribution is 2.24. The molecule has 0 aliphatic carbocycles. The number of sulfone groups is 1. The van der Waals surface area contributed by atoms with E-state index in [9.17, 15) is 13.2 Å². The van der Waals surface area contributed by atoms with Crippen LogP contribution in [0.25, 0.3) is 16.3 Å². The van der Waals surface area contributed by atoms with E-state index in [4.69, 9.17) is 0 Å². The lowest BCUT2D eigenvalue weighted by Gasteiger charge is -2.05. The van der Waals surface area contributed by atoms with Crippen molar-refractivity contribution in [3.8, 4) is 16.3 Å². The Morgan fingerprint density at radius 1 is 1.06 bits per heavy atom. The molecule has 0 saturated heterocycles. The molecule has 2 heterocycles. The molecule has 0 aliphatic heterocycles. The second-order valence-electron chi connectivity index (χ2n) is 7.12. The maximum absolute atomic E-state index is 12.5. The summed E-state index contributed by atoms with van der Waals surface area (Å²) >= 11 is 1.39. The first-order chi connectivity index (χ1) is 14.9. The van der Waals surface area contributed by atoms with E-state index in [1.807, 2.05) is 48.7 Å². The predicted octanol–water partition coefficient (Wildman–Crippen LogP) is 3.47. The van der Waals surface area contributed by atoms with Crippen LogP contribution in [-0.4, -0.2) is 35.3 Å². The van der Waals surface area contributed by atoms with E-state index in [0.29, 0.717) is 12.2 Å². The van der Waals surface area contributed by atoms with Gasteiger partial charge in [0.15, 0.2) is 9.84 Å². The van der Waals surface area contributed by atoms with Crippen LogP contribution >= 0.6 is 11.3 Å². The molecule has 2 aromatic carbocycles. The monoisotopic (exact) mass is 452 g/mol. The molecule has 0 unspecified atom stereocenters. The quantitative estimate of drug-likeness (QED) is 0.463. The smallest absolute Gasteiger partial charge is 0.271 e. The first-order valence-electron chi connectivity index (χ1n) is 9.47. The van der Waals surface area contributed by atoms with E-state index in [0.717, 1.165) is 27.4 Å². The van der Waals surface area contributed by atoms with Gasteiger partial charge in [0, 0.05) is 29.9 Å². The predicted molar refractivity (Wildman–Crippen MR) is 121 cm³/mol. The van der Waals surface area contributed by atoms with E-state index < -0.39 is 9.84 Å². The molecule has 9 heteroatoms. The van der Waals surface area contributed by atoms with Gasteiger partial charge >= 0.3 is 0 Å². The van der Waals surface area contributed by atoms with Gasteiger partial charge in [-0.05, 0) is 23.3 Å². The maximum atomic E-state index is 12.5. The molecule has 1 amide bonds. The zero-order chi connectivity index (χ0) is 21.8. The average molecular weight is 453 g/mol. The van der Waals surface area contributed by atoms with Crippen molar-refractivity contribution in [2.75, 3.05) is 6.26 Å². The van der Waals surface area contributed by atoms with E-state index >= 15 is 0 Å². The summed E-state index contributed by atoms with van der Waals surface area (Å²) in [5.41, 5.74) is 3.74. The van der Waals surface area contributed by atoms with Crippen molar-refractivity contribution in [3.05, 3.63) is 89.2 Å². The van der Waals surface area contributed by atoms with Crippen molar-refractivity contribution in [2.45, 2.75) is 12.3 Å². The number of hydrogen-bond donors (Lipinski definition) is 1. The van der Waals surface area contributed by atoms with Crippen molar-refractivity contribution in [1.29, 1.82) is 0 Å². The Morgan fingerprint density at radius 3 is 2.48 bits per heavy atom. The highest BCUT2D eigenvalue weighted by molar-refractivity contribution is 7.89. The molecule has 4 aromatic rings. The van der Waals surface area contributed by atoms with Crippen molar-refractivity contribution in [2.24, 2.45) is 0 Å². The number of nitrogens with one attached hydrogen (secondary N) is 1. The molecule has 4 rings (SSSR count). The highest BCUT2D eigenvalue weighted by atomic mass is 32.2. The Labute approximate surface area is 184 Å². The van der Waals surface area contributed by atoms with Crippen LogP contribution in [0.5, 0.6) is 0 Å². The summed E-state index contributed by atoms with van der Waals surface area (Å²) in [7, 11) is -3.07. The second-order valence-corrected chi connectivity index (χ2v) is 10.1. The summed E-state index contributed by atoms with van der Waals surface area (Å²) in [5, 5.41) is 9.65. The van der Waals surface area contributed by atoms with Gasteiger partial charge in [-0.3, -0.25) is 4.79 Å². The van der Waals surface area contributed by atoms with Crippen LogP contribution < -0.4 is 5.32 Å². The van der Waals surface area contributed by atoms with E-state index in [-0.39, 0.29) is 11.7 Å². The third kappa shape index (κ3) is 5.44. The fourth-order valence-corrected chi connectivity index (χ4v) is 4.57. The van der Waals surface area contributed by atoms with Gasteiger partial charge in [-0.1, -0.05) is 42.5 Å². The molecule has 158 valence electrons. The van der Waals surface area contributed by atoms with Gasteiger partial charge in [-0.15, -0.1) is 11.3 Å². The number of amides is 1. The van der Waals surface area contributed by atoms with Crippen molar-refractivity contribution in [3.63, 3.8) is 0 Å². The summed E-state index contributed by atoms with van der Waals surface area (Å²) in [6.07, 6.45) is 4.81. The molecule has 2 aromatic heterocycles. The second kappa shape index (κ2) is 8.83. The molecule has 31 heavy (non-hydrogen) atoms. The molecule has 0 spiro atoms. The standard InChI is InChI=1S/C22H20N4O3S2/c1-31(28,29)15-17-9-7-16(8-10-17)11-23-21(27)20-14-30-22(25-20)18-12-24-26(13-18)19-5-3-2-4-6-19/h2-10,12-14H,11,15H2,1H3,(H,23,27). The number of carbonyl (C=O) groups is 1. The van der Waals surface area contributed by atoms with Crippen molar-refractivity contribution in [1.82, 2.24) is 20.1 Å². The number of para-hydroxylation sites is 1. The number of carbonyl (C=O) groups excluding carboxylic acids is 1. The lowest BCUT2D eigenvalue weighted by molar-refractivity contribution is 0.0946. The molecule has 0 radical (unpaired) electrons. The van der Waals surface area contributed by atoms with Crippen LogP contribution in [0.2, 0.25) is 0 Å². The van der Waals surface area contributed by atoms with Gasteiger partial charge < -0.3 is 5.32 Å². The Morgan fingerprint density at radius 2 is 1.77 bits per heavy atom. The fraction of sp³-hybridized carbons (Fsp3) is 0.136. The van der Waals surface area contributed by atoms with Crippen molar-refractivity contribution >= 4 is 27.1 Å². The number of nitrogens with zero attached hydrogens (tertiary/aromatic N) is 3. The van der Waals surface area contributed by atoms with Crippen LogP contribution in [0, 0.1) is 0 Å². The van der Waals surface area contributed by atoms with Crippen LogP contribution in [0.4, 0.5) is 0 Å². The van der Waals surface area contributed by atoms with Crippen LogP contribution in [-0.2, 0) is 22.1 Å². The first-order valence-corrected chi connectivity index (χ1v) is 12.4. The molecular formula is C22H20N4O3S2. The lowest BCUT2D eigenvalue weighted by atomic mass is 10.1. The molecular weight excluding hydrogens is 432 g/mol. The first kappa shape index (κ1) is 21.0. The average Bonchev–Trinajstić information content (AvgIpc) is 3.42. The van der Waals surface area contributed by atoms with Gasteiger partial charge in [-0.25, -0.2) is 18.1 Å². The third-order valence-corrected chi connectivity index (χ3v) is 6.24. The highest BCUT2D eigenvalue weighted by Gasteiger charge is 2.13. The Bertz CT molecular complexity index is 1290. The number of hydrogen-bond acceptors (Lipinski definition) is 6. The summed E-state index contributed by atoms with van der Waals surface area (Å²) in [6.45, 7) is 0.330. The Kier molecular flexibility index (Phi) is 5.97. The summed E-state index contributed by atoms with van der Waals surface area (Å²) in [4.78, 5) is 16.9. The van der Waals surface area contributed by atoms with Crippen LogP contribution in [0.1, 0.15) is 21.6 Å². The molecule has 0 saturated carbocycles. The molecule has 0 fully saturated rings. The van der Waals surface area contributed by atoms with Crippen LogP contribution in [0.15, 0.2) is 72.4 Å². The molecule has 7 nitrogen and oxygen atoms in total. The normalized spacial score (nSPS) is 11.4. The van der Waals surface area contributed by atoms with Gasteiger partial charge in [0.1, 0.15) is 10.7 Å². The zero-order valence-electron chi connectivity index (χ0n) is 16.7. The van der Waals surface area contributed by atoms with Crippen LogP contribution in [0.3, 0.4) is 0 Å². The summed E-state index contributed by atoms with van der Waals surface area (Å²) in [5.74, 6) is -0.264. The van der Waals surface area contributed by atoms with E-state index in [1.165, 1.54) is 17.6 Å². The summed E-state index contributed by atoms with van der Waals surface area (Å²) < 4.78 is 24.5. The minimum atomic E-state index is -3.07. The molecule has 1 N–H and O–H groups in total. The largest absolute Gasteiger partial charge is 0.347 e. The van der Waals surface area contributed by atoms with E-state index in [1.54, 1.807) is 28.4 Å². The topological polar surface area (TPSA) is 94.0 Å². The third-order valence-electron chi connectivity index (χ3n) is 4.49. The molecule has 0 bridgehead atoms.